The molecule has 0 amide bonds. The highest BCUT2D eigenvalue weighted by Crippen LogP contribution is 2.27. The highest BCUT2D eigenvalue weighted by atomic mass is 32.1. The van der Waals surface area contributed by atoms with Crippen molar-refractivity contribution < 1.29 is 19.1 Å². The maximum atomic E-state index is 12.3. The number of esters is 1. The summed E-state index contributed by atoms with van der Waals surface area (Å²) in [4.78, 5) is 24.5. The quantitative estimate of drug-likeness (QED) is 0.444. The van der Waals surface area contributed by atoms with E-state index in [0.29, 0.717) is 15.8 Å². The normalized spacial score (nSPS) is 11.0. The molecule has 0 aliphatic carbocycles. The van der Waals surface area contributed by atoms with E-state index < -0.39 is 11.6 Å². The third-order valence-electron chi connectivity index (χ3n) is 3.80. The van der Waals surface area contributed by atoms with Crippen LogP contribution < -0.4 is 5.63 Å². The number of benzene rings is 2. The largest absolute Gasteiger partial charge is 0.508 e. The number of ether oxygens (including phenoxy) is 1. The predicted molar refractivity (Wildman–Crippen MR) is 95.1 cm³/mol. The standard InChI is InChI=1S/C19H12O5S/c20-13-5-6-14-12(8-18(21)24-15(14)9-13)10-23-19(22)17-7-11-3-1-2-4-16(11)25-17/h1-9,20H,10H2. The van der Waals surface area contributed by atoms with E-state index in [1.165, 1.54) is 29.5 Å². The summed E-state index contributed by atoms with van der Waals surface area (Å²) >= 11 is 1.36. The number of phenolic OH excluding ortho intramolecular Hbond substituents is 1. The Bertz CT molecular complexity index is 1120. The van der Waals surface area contributed by atoms with E-state index in [0.717, 1.165) is 10.1 Å². The first-order valence-electron chi connectivity index (χ1n) is 7.51. The molecule has 2 aromatic heterocycles. The molecule has 0 atom stereocenters. The third kappa shape index (κ3) is 2.99. The molecule has 0 aliphatic heterocycles. The molecule has 1 N–H and O–H groups in total. The molecule has 25 heavy (non-hydrogen) atoms. The molecule has 0 spiro atoms. The monoisotopic (exact) mass is 352 g/mol. The molecule has 124 valence electrons. The lowest BCUT2D eigenvalue weighted by Crippen LogP contribution is -2.06. The van der Waals surface area contributed by atoms with Crippen molar-refractivity contribution in [2.75, 3.05) is 0 Å². The predicted octanol–water partition coefficient (Wildman–Crippen LogP) is 4.07. The van der Waals surface area contributed by atoms with Gasteiger partial charge in [-0.25, -0.2) is 9.59 Å². The minimum absolute atomic E-state index is 0.00456. The average Bonchev–Trinajstić information content (AvgIpc) is 3.03. The Balaban J connectivity index is 1.61. The summed E-state index contributed by atoms with van der Waals surface area (Å²) in [5.74, 6) is -0.448. The van der Waals surface area contributed by atoms with Crippen molar-refractivity contribution in [3.8, 4) is 5.75 Å². The molecule has 5 nitrogen and oxygen atoms in total. The lowest BCUT2D eigenvalue weighted by molar-refractivity contribution is 0.0479. The van der Waals surface area contributed by atoms with Gasteiger partial charge in [0.1, 0.15) is 22.8 Å². The van der Waals surface area contributed by atoms with E-state index in [1.807, 2.05) is 24.3 Å². The molecular formula is C19H12O5S. The minimum atomic E-state index is -0.564. The van der Waals surface area contributed by atoms with Crippen molar-refractivity contribution >= 4 is 38.4 Å². The lowest BCUT2D eigenvalue weighted by atomic mass is 10.1. The number of hydrogen-bond donors (Lipinski definition) is 1. The van der Waals surface area contributed by atoms with E-state index in [9.17, 15) is 14.7 Å². The molecule has 0 bridgehead atoms. The maximum Gasteiger partial charge on any atom is 0.348 e. The van der Waals surface area contributed by atoms with Crippen LogP contribution >= 0.6 is 11.3 Å². The van der Waals surface area contributed by atoms with E-state index in [-0.39, 0.29) is 17.9 Å². The van der Waals surface area contributed by atoms with Gasteiger partial charge in [-0.05, 0) is 29.7 Å². The Morgan fingerprint density at radius 3 is 2.80 bits per heavy atom. The molecule has 2 heterocycles. The summed E-state index contributed by atoms with van der Waals surface area (Å²) in [6, 6.07) is 15.2. The fraction of sp³-hybridized carbons (Fsp3) is 0.0526. The van der Waals surface area contributed by atoms with Gasteiger partial charge in [-0.15, -0.1) is 11.3 Å². The summed E-state index contributed by atoms with van der Waals surface area (Å²) in [6.07, 6.45) is 0. The maximum absolute atomic E-state index is 12.3. The second kappa shape index (κ2) is 6.07. The third-order valence-corrected chi connectivity index (χ3v) is 4.90. The van der Waals surface area contributed by atoms with E-state index in [4.69, 9.17) is 9.15 Å². The highest BCUT2D eigenvalue weighted by Gasteiger charge is 2.13. The first kappa shape index (κ1) is 15.4. The van der Waals surface area contributed by atoms with Gasteiger partial charge in [-0.2, -0.15) is 0 Å². The van der Waals surface area contributed by atoms with E-state index in [1.54, 1.807) is 12.1 Å². The van der Waals surface area contributed by atoms with Gasteiger partial charge in [0.2, 0.25) is 0 Å². The molecular weight excluding hydrogens is 340 g/mol. The van der Waals surface area contributed by atoms with Crippen LogP contribution in [0.4, 0.5) is 0 Å². The van der Waals surface area contributed by atoms with Crippen molar-refractivity contribution in [3.63, 3.8) is 0 Å². The van der Waals surface area contributed by atoms with Crippen molar-refractivity contribution in [2.24, 2.45) is 0 Å². The average molecular weight is 352 g/mol. The summed E-state index contributed by atoms with van der Waals surface area (Å²) in [7, 11) is 0. The molecule has 0 saturated heterocycles. The van der Waals surface area contributed by atoms with Crippen LogP contribution in [-0.2, 0) is 11.3 Å². The van der Waals surface area contributed by atoms with Crippen LogP contribution in [0, 0.1) is 0 Å². The SMILES string of the molecule is O=C(OCc1cc(=O)oc2cc(O)ccc12)c1cc2ccccc2s1. The van der Waals surface area contributed by atoms with Gasteiger partial charge in [0.25, 0.3) is 0 Å². The first-order chi connectivity index (χ1) is 12.1. The van der Waals surface area contributed by atoms with Gasteiger partial charge in [-0.1, -0.05) is 18.2 Å². The molecule has 0 fully saturated rings. The number of carbonyl (C=O) groups excluding carboxylic acids is 1. The Kier molecular flexibility index (Phi) is 3.74. The van der Waals surface area contributed by atoms with Crippen molar-refractivity contribution in [2.45, 2.75) is 6.61 Å². The second-order valence-electron chi connectivity index (χ2n) is 5.50. The Labute approximate surface area is 145 Å². The minimum Gasteiger partial charge on any atom is -0.508 e. The van der Waals surface area contributed by atoms with Crippen LogP contribution in [0.3, 0.4) is 0 Å². The topological polar surface area (TPSA) is 76.7 Å². The summed E-state index contributed by atoms with van der Waals surface area (Å²) in [6.45, 7) is -0.0556. The zero-order valence-corrected chi connectivity index (χ0v) is 13.7. The molecule has 0 radical (unpaired) electrons. The fourth-order valence-electron chi connectivity index (χ4n) is 2.63. The molecule has 4 rings (SSSR count). The van der Waals surface area contributed by atoms with Gasteiger partial charge >= 0.3 is 11.6 Å². The van der Waals surface area contributed by atoms with Crippen LogP contribution in [0.15, 0.2) is 63.8 Å². The van der Waals surface area contributed by atoms with Gasteiger partial charge in [0.05, 0.1) is 0 Å². The molecule has 0 saturated carbocycles. The Morgan fingerprint density at radius 2 is 1.96 bits per heavy atom. The number of hydrogen-bond acceptors (Lipinski definition) is 6. The Hall–Kier alpha value is -3.12. The molecule has 0 aliphatic rings. The first-order valence-corrected chi connectivity index (χ1v) is 8.33. The van der Waals surface area contributed by atoms with Gasteiger partial charge < -0.3 is 14.3 Å². The summed E-state index contributed by atoms with van der Waals surface area (Å²) in [5, 5.41) is 11.1. The second-order valence-corrected chi connectivity index (χ2v) is 6.58. The fourth-order valence-corrected chi connectivity index (χ4v) is 3.59. The van der Waals surface area contributed by atoms with Crippen molar-refractivity contribution in [3.05, 3.63) is 75.5 Å². The molecule has 2 aromatic carbocycles. The van der Waals surface area contributed by atoms with Crippen molar-refractivity contribution in [1.29, 1.82) is 0 Å². The summed E-state index contributed by atoms with van der Waals surface area (Å²) in [5.41, 5.74) is 0.215. The van der Waals surface area contributed by atoms with Crippen molar-refractivity contribution in [1.82, 2.24) is 0 Å². The summed E-state index contributed by atoms with van der Waals surface area (Å²) < 4.78 is 11.4. The smallest absolute Gasteiger partial charge is 0.348 e. The van der Waals surface area contributed by atoms with Gasteiger partial charge in [0, 0.05) is 27.8 Å². The number of aromatic hydroxyl groups is 1. The van der Waals surface area contributed by atoms with Crippen LogP contribution in [0.2, 0.25) is 0 Å². The van der Waals surface area contributed by atoms with E-state index in [2.05, 4.69) is 0 Å². The number of rotatable bonds is 3. The number of carbonyl (C=O) groups is 1. The lowest BCUT2D eigenvalue weighted by Gasteiger charge is -2.06. The van der Waals surface area contributed by atoms with Crippen LogP contribution in [-0.4, -0.2) is 11.1 Å². The number of thiophene rings is 1. The number of fused-ring (bicyclic) bond motifs is 2. The van der Waals surface area contributed by atoms with Crippen LogP contribution in [0.1, 0.15) is 15.2 Å². The molecule has 4 aromatic rings. The zero-order valence-electron chi connectivity index (χ0n) is 12.9. The van der Waals surface area contributed by atoms with Gasteiger partial charge in [0.15, 0.2) is 0 Å². The Morgan fingerprint density at radius 1 is 1.12 bits per heavy atom. The van der Waals surface area contributed by atoms with Gasteiger partial charge in [-0.3, -0.25) is 0 Å². The zero-order chi connectivity index (χ0) is 17.4. The number of phenols is 1. The van der Waals surface area contributed by atoms with Crippen LogP contribution in [0.25, 0.3) is 21.1 Å². The van der Waals surface area contributed by atoms with E-state index >= 15 is 0 Å². The molecule has 6 heteroatoms. The van der Waals surface area contributed by atoms with Crippen LogP contribution in [0.5, 0.6) is 5.75 Å². The molecule has 0 unspecified atom stereocenters. The highest BCUT2D eigenvalue weighted by molar-refractivity contribution is 7.20.